The maximum absolute atomic E-state index is 13.1. The van der Waals surface area contributed by atoms with Crippen LogP contribution in [0.1, 0.15) is 25.8 Å². The lowest BCUT2D eigenvalue weighted by Crippen LogP contribution is -2.44. The Morgan fingerprint density at radius 3 is 2.43 bits per heavy atom. The molecule has 1 heterocycles. The van der Waals surface area contributed by atoms with Gasteiger partial charge in [-0.2, -0.15) is 0 Å². The van der Waals surface area contributed by atoms with Crippen molar-refractivity contribution in [3.63, 3.8) is 0 Å². The van der Waals surface area contributed by atoms with E-state index in [9.17, 15) is 14.4 Å². The van der Waals surface area contributed by atoms with Gasteiger partial charge >= 0.3 is 6.03 Å². The van der Waals surface area contributed by atoms with Crippen molar-refractivity contribution in [2.24, 2.45) is 0 Å². The molecule has 28 heavy (non-hydrogen) atoms. The fourth-order valence-corrected chi connectivity index (χ4v) is 3.32. The molecule has 146 valence electrons. The first-order valence-corrected chi connectivity index (χ1v) is 9.23. The summed E-state index contributed by atoms with van der Waals surface area (Å²) >= 11 is 0. The highest BCUT2D eigenvalue weighted by Gasteiger charge is 2.51. The van der Waals surface area contributed by atoms with Gasteiger partial charge in [-0.05, 0) is 31.0 Å². The lowest BCUT2D eigenvalue weighted by molar-refractivity contribution is -0.134. The molecule has 2 aromatic carbocycles. The van der Waals surface area contributed by atoms with E-state index in [1.807, 2.05) is 32.0 Å². The van der Waals surface area contributed by atoms with E-state index in [1.165, 1.54) is 0 Å². The summed E-state index contributed by atoms with van der Waals surface area (Å²) < 4.78 is 5.48. The lowest BCUT2D eigenvalue weighted by atomic mass is 9.87. The van der Waals surface area contributed by atoms with Gasteiger partial charge in [0.1, 0.15) is 17.8 Å². The number of para-hydroxylation sites is 2. The number of anilines is 1. The Bertz CT molecular complexity index is 884. The average Bonchev–Trinajstić information content (AvgIpc) is 2.95. The molecule has 7 nitrogen and oxygen atoms in total. The first-order chi connectivity index (χ1) is 13.5. The fraction of sp³-hybridized carbons (Fsp3) is 0.286. The van der Waals surface area contributed by atoms with Crippen molar-refractivity contribution in [2.75, 3.05) is 18.5 Å². The predicted octanol–water partition coefficient (Wildman–Crippen LogP) is 2.88. The molecule has 0 spiro atoms. The summed E-state index contributed by atoms with van der Waals surface area (Å²) in [5.41, 5.74) is 0.0358. The van der Waals surface area contributed by atoms with Crippen LogP contribution < -0.4 is 15.4 Å². The van der Waals surface area contributed by atoms with Crippen molar-refractivity contribution in [3.05, 3.63) is 60.2 Å². The number of hydrogen-bond acceptors (Lipinski definition) is 4. The van der Waals surface area contributed by atoms with Gasteiger partial charge in [0, 0.05) is 0 Å². The summed E-state index contributed by atoms with van der Waals surface area (Å²) in [5.74, 6) is -0.377. The molecule has 0 aromatic heterocycles. The predicted molar refractivity (Wildman–Crippen MR) is 105 cm³/mol. The number of ether oxygens (including phenoxy) is 1. The third-order valence-corrected chi connectivity index (χ3v) is 4.74. The van der Waals surface area contributed by atoms with Gasteiger partial charge in [-0.1, -0.05) is 49.4 Å². The Kier molecular flexibility index (Phi) is 5.63. The summed E-state index contributed by atoms with van der Waals surface area (Å²) in [6.45, 7) is 3.75. The van der Waals surface area contributed by atoms with E-state index in [4.69, 9.17) is 4.74 Å². The summed E-state index contributed by atoms with van der Waals surface area (Å²) in [7, 11) is 0. The van der Waals surface area contributed by atoms with E-state index < -0.39 is 23.4 Å². The van der Waals surface area contributed by atoms with Crippen LogP contribution in [-0.2, 0) is 15.1 Å². The minimum absolute atomic E-state index is 0.375. The van der Waals surface area contributed by atoms with Crippen LogP contribution >= 0.6 is 0 Å². The van der Waals surface area contributed by atoms with Gasteiger partial charge in [-0.15, -0.1) is 0 Å². The third-order valence-electron chi connectivity index (χ3n) is 4.74. The monoisotopic (exact) mass is 381 g/mol. The number of carbonyl (C=O) groups excluding carboxylic acids is 3. The molecule has 0 aliphatic carbocycles. The molecule has 1 saturated heterocycles. The number of urea groups is 1. The molecule has 3 rings (SSSR count). The summed E-state index contributed by atoms with van der Waals surface area (Å²) in [6, 6.07) is 15.5. The van der Waals surface area contributed by atoms with Crippen LogP contribution in [0.3, 0.4) is 0 Å². The number of nitrogens with zero attached hydrogens (tertiary/aromatic N) is 1. The molecular formula is C21H23N3O4. The largest absolute Gasteiger partial charge is 0.492 e. The van der Waals surface area contributed by atoms with E-state index >= 15 is 0 Å². The number of imide groups is 1. The summed E-state index contributed by atoms with van der Waals surface area (Å²) in [4.78, 5) is 39.0. The zero-order valence-corrected chi connectivity index (χ0v) is 15.9. The Morgan fingerprint density at radius 2 is 1.75 bits per heavy atom. The van der Waals surface area contributed by atoms with Gasteiger partial charge in [0.05, 0.1) is 12.3 Å². The maximum Gasteiger partial charge on any atom is 0.325 e. The molecule has 0 unspecified atom stereocenters. The van der Waals surface area contributed by atoms with Crippen LogP contribution in [0.15, 0.2) is 54.6 Å². The molecular weight excluding hydrogens is 358 g/mol. The zero-order chi connectivity index (χ0) is 20.1. The van der Waals surface area contributed by atoms with E-state index in [0.717, 1.165) is 4.90 Å². The first-order valence-electron chi connectivity index (χ1n) is 9.23. The number of carbonyl (C=O) groups is 3. The van der Waals surface area contributed by atoms with Crippen molar-refractivity contribution in [2.45, 2.75) is 25.8 Å². The number of amides is 4. The van der Waals surface area contributed by atoms with Gasteiger partial charge in [-0.3, -0.25) is 14.5 Å². The molecule has 1 aliphatic heterocycles. The number of rotatable bonds is 7. The van der Waals surface area contributed by atoms with Crippen LogP contribution in [0.25, 0.3) is 0 Å². The second-order valence-electron chi connectivity index (χ2n) is 6.42. The second kappa shape index (κ2) is 8.12. The molecule has 0 bridgehead atoms. The standard InChI is InChI=1S/C21H23N3O4/c1-3-21(15-10-6-5-7-11-15)19(26)24(20(27)23-21)14-18(25)22-16-12-8-9-13-17(16)28-4-2/h5-13H,3-4,14H2,1-2H3,(H,22,25)(H,23,27)/t21-/m1/s1. The second-order valence-corrected chi connectivity index (χ2v) is 6.42. The molecule has 7 heteroatoms. The molecule has 2 aromatic rings. The quantitative estimate of drug-likeness (QED) is 0.722. The fourth-order valence-electron chi connectivity index (χ4n) is 3.32. The van der Waals surface area contributed by atoms with E-state index in [-0.39, 0.29) is 6.54 Å². The van der Waals surface area contributed by atoms with Crippen LogP contribution in [0.4, 0.5) is 10.5 Å². The summed E-state index contributed by atoms with van der Waals surface area (Å²) in [5, 5.41) is 5.48. The molecule has 4 amide bonds. The molecule has 2 N–H and O–H groups in total. The SMILES string of the molecule is CCOc1ccccc1NC(=O)CN1C(=O)N[C@](CC)(c2ccccc2)C1=O. The van der Waals surface area contributed by atoms with Crippen LogP contribution in [0.2, 0.25) is 0 Å². The Morgan fingerprint density at radius 1 is 1.07 bits per heavy atom. The average molecular weight is 381 g/mol. The minimum atomic E-state index is -1.15. The molecule has 1 fully saturated rings. The highest BCUT2D eigenvalue weighted by atomic mass is 16.5. The van der Waals surface area contributed by atoms with Gasteiger partial charge in [-0.25, -0.2) is 4.79 Å². The van der Waals surface area contributed by atoms with Crippen molar-refractivity contribution in [1.29, 1.82) is 0 Å². The molecule has 0 saturated carbocycles. The van der Waals surface area contributed by atoms with Crippen molar-refractivity contribution < 1.29 is 19.1 Å². The Balaban J connectivity index is 1.77. The lowest BCUT2D eigenvalue weighted by Gasteiger charge is -2.25. The molecule has 1 atom stereocenters. The van der Waals surface area contributed by atoms with Crippen molar-refractivity contribution in [1.82, 2.24) is 10.2 Å². The zero-order valence-electron chi connectivity index (χ0n) is 15.9. The van der Waals surface area contributed by atoms with Gasteiger partial charge in [0.25, 0.3) is 5.91 Å². The van der Waals surface area contributed by atoms with Crippen LogP contribution in [0, 0.1) is 0 Å². The van der Waals surface area contributed by atoms with Crippen LogP contribution in [-0.4, -0.2) is 35.9 Å². The van der Waals surface area contributed by atoms with Gasteiger partial charge in [0.15, 0.2) is 0 Å². The van der Waals surface area contributed by atoms with E-state index in [0.29, 0.717) is 30.0 Å². The van der Waals surface area contributed by atoms with E-state index in [1.54, 1.807) is 36.4 Å². The minimum Gasteiger partial charge on any atom is -0.492 e. The Labute approximate surface area is 163 Å². The van der Waals surface area contributed by atoms with Crippen molar-refractivity contribution in [3.8, 4) is 5.75 Å². The topological polar surface area (TPSA) is 87.7 Å². The normalized spacial score (nSPS) is 18.7. The number of nitrogens with one attached hydrogen (secondary N) is 2. The van der Waals surface area contributed by atoms with Gasteiger partial charge < -0.3 is 15.4 Å². The highest BCUT2D eigenvalue weighted by molar-refractivity contribution is 6.10. The smallest absolute Gasteiger partial charge is 0.325 e. The van der Waals surface area contributed by atoms with E-state index in [2.05, 4.69) is 10.6 Å². The highest BCUT2D eigenvalue weighted by Crippen LogP contribution is 2.32. The molecule has 1 aliphatic rings. The van der Waals surface area contributed by atoms with Crippen LogP contribution in [0.5, 0.6) is 5.75 Å². The number of benzene rings is 2. The third kappa shape index (κ3) is 3.55. The first kappa shape index (κ1) is 19.4. The maximum atomic E-state index is 13.1. The number of hydrogen-bond donors (Lipinski definition) is 2. The van der Waals surface area contributed by atoms with Crippen molar-refractivity contribution >= 4 is 23.5 Å². The molecule has 0 radical (unpaired) electrons. The van der Waals surface area contributed by atoms with Gasteiger partial charge in [0.2, 0.25) is 5.91 Å². The Hall–Kier alpha value is -3.35. The summed E-state index contributed by atoms with van der Waals surface area (Å²) in [6.07, 6.45) is 0.382.